The molecule has 0 spiro atoms. The topological polar surface area (TPSA) is 79.6 Å². The second-order valence-electron chi connectivity index (χ2n) is 10.2. The SMILES string of the molecule is CC(=O)O[C@H]1CC[C@@]2(C)C(=CC[C@H]3[C@H]2CC[C@]2(C)[C@@H](C(=O)C[NH+]=[N-])CC[C@@H]32)C1. The van der Waals surface area contributed by atoms with Crippen LogP contribution in [0.15, 0.2) is 11.6 Å². The first-order chi connectivity index (χ1) is 13.3. The molecule has 28 heavy (non-hydrogen) atoms. The molecular formula is C23H34N2O3. The van der Waals surface area contributed by atoms with E-state index in [1.165, 1.54) is 18.9 Å². The van der Waals surface area contributed by atoms with E-state index in [1.54, 1.807) is 0 Å². The number of ether oxygens (including phenoxy) is 1. The molecule has 0 radical (unpaired) electrons. The van der Waals surface area contributed by atoms with Gasteiger partial charge in [0, 0.05) is 19.3 Å². The average molecular weight is 387 g/mol. The van der Waals surface area contributed by atoms with E-state index in [0.29, 0.717) is 17.8 Å². The highest BCUT2D eigenvalue weighted by Gasteiger charge is 2.60. The normalized spacial score (nSPS) is 44.5. The van der Waals surface area contributed by atoms with Crippen LogP contribution in [0.5, 0.6) is 0 Å². The van der Waals surface area contributed by atoms with Gasteiger partial charge in [-0.05, 0) is 73.5 Å². The molecule has 3 saturated carbocycles. The van der Waals surface area contributed by atoms with Crippen molar-refractivity contribution in [2.75, 3.05) is 6.54 Å². The Balaban J connectivity index is 1.56. The Kier molecular flexibility index (Phi) is 4.99. The van der Waals surface area contributed by atoms with Crippen molar-refractivity contribution >= 4 is 11.8 Å². The number of hydrogen-bond acceptors (Lipinski definition) is 3. The van der Waals surface area contributed by atoms with Crippen molar-refractivity contribution in [2.24, 2.45) is 34.5 Å². The Morgan fingerprint density at radius 3 is 2.68 bits per heavy atom. The van der Waals surface area contributed by atoms with Gasteiger partial charge in [0.25, 0.3) is 0 Å². The van der Waals surface area contributed by atoms with E-state index in [2.05, 4.69) is 25.0 Å². The summed E-state index contributed by atoms with van der Waals surface area (Å²) in [5.41, 5.74) is 10.8. The van der Waals surface area contributed by atoms with E-state index in [1.807, 2.05) is 0 Å². The summed E-state index contributed by atoms with van der Waals surface area (Å²) in [6, 6.07) is 0. The van der Waals surface area contributed by atoms with Gasteiger partial charge in [-0.2, -0.15) is 0 Å². The van der Waals surface area contributed by atoms with Crippen molar-refractivity contribution in [1.82, 2.24) is 0 Å². The summed E-state index contributed by atoms with van der Waals surface area (Å²) < 4.78 is 5.53. The number of fused-ring (bicyclic) bond motifs is 5. The van der Waals surface area contributed by atoms with Crippen LogP contribution in [-0.2, 0) is 14.3 Å². The predicted molar refractivity (Wildman–Crippen MR) is 105 cm³/mol. The number of allylic oxidation sites excluding steroid dienone is 1. The molecule has 0 unspecified atom stereocenters. The molecule has 4 rings (SSSR count). The van der Waals surface area contributed by atoms with Gasteiger partial charge in [-0.25, -0.2) is 0 Å². The van der Waals surface area contributed by atoms with Crippen LogP contribution < -0.4 is 5.11 Å². The molecule has 3 fully saturated rings. The van der Waals surface area contributed by atoms with E-state index in [4.69, 9.17) is 10.3 Å². The van der Waals surface area contributed by atoms with Crippen molar-refractivity contribution in [3.8, 4) is 0 Å². The average Bonchev–Trinajstić information content (AvgIpc) is 2.99. The molecule has 1 N–H and O–H groups in total. The number of esters is 1. The van der Waals surface area contributed by atoms with Gasteiger partial charge in [-0.3, -0.25) is 9.59 Å². The summed E-state index contributed by atoms with van der Waals surface area (Å²) in [6.45, 7) is 6.35. The number of ketones is 1. The smallest absolute Gasteiger partial charge is 0.302 e. The van der Waals surface area contributed by atoms with Crippen LogP contribution in [0, 0.1) is 34.5 Å². The highest BCUT2D eigenvalue weighted by Crippen LogP contribution is 2.66. The van der Waals surface area contributed by atoms with Crippen LogP contribution in [0.3, 0.4) is 0 Å². The van der Waals surface area contributed by atoms with Crippen molar-refractivity contribution in [3.63, 3.8) is 0 Å². The molecule has 5 nitrogen and oxygen atoms in total. The fourth-order valence-electron chi connectivity index (χ4n) is 7.69. The van der Waals surface area contributed by atoms with Gasteiger partial charge < -0.3 is 15.4 Å². The fraction of sp³-hybridized carbons (Fsp3) is 0.826. The van der Waals surface area contributed by atoms with Crippen LogP contribution in [0.1, 0.15) is 72.1 Å². The molecule has 0 aromatic rings. The summed E-state index contributed by atoms with van der Waals surface area (Å²) in [7, 11) is 0. The molecule has 0 saturated heterocycles. The third-order valence-electron chi connectivity index (χ3n) is 9.03. The Bertz CT molecular complexity index is 717. The predicted octanol–water partition coefficient (Wildman–Crippen LogP) is 3.17. The van der Waals surface area contributed by atoms with Gasteiger partial charge >= 0.3 is 5.97 Å². The minimum absolute atomic E-state index is 0.0432. The molecule has 4 aliphatic carbocycles. The van der Waals surface area contributed by atoms with Crippen molar-refractivity contribution in [2.45, 2.75) is 78.2 Å². The molecule has 7 atom stereocenters. The van der Waals surface area contributed by atoms with Crippen LogP contribution in [0.4, 0.5) is 0 Å². The number of nitrogens with one attached hydrogen (secondary N) is 1. The highest BCUT2D eigenvalue weighted by atomic mass is 16.5. The van der Waals surface area contributed by atoms with Gasteiger partial charge in [0.2, 0.25) is 0 Å². The number of hydrogen-bond donors (Lipinski definition) is 1. The first-order valence-electron chi connectivity index (χ1n) is 11.1. The summed E-state index contributed by atoms with van der Waals surface area (Å²) in [4.78, 5) is 24.0. The van der Waals surface area contributed by atoms with Crippen molar-refractivity contribution < 1.29 is 19.4 Å². The maximum atomic E-state index is 12.6. The second kappa shape index (κ2) is 7.07. The molecule has 154 valence electrons. The zero-order chi connectivity index (χ0) is 20.1. The van der Waals surface area contributed by atoms with E-state index in [0.717, 1.165) is 44.9 Å². The van der Waals surface area contributed by atoms with Crippen molar-refractivity contribution in [1.29, 1.82) is 0 Å². The lowest BCUT2D eigenvalue weighted by molar-refractivity contribution is -0.468. The molecule has 0 amide bonds. The number of Topliss-reactive ketones (excluding diaryl/α,β-unsaturated/α-hetero) is 1. The third kappa shape index (κ3) is 2.96. The lowest BCUT2D eigenvalue weighted by Crippen LogP contribution is -2.67. The fourth-order valence-corrected chi connectivity index (χ4v) is 7.69. The largest absolute Gasteiger partial charge is 0.508 e. The van der Waals surface area contributed by atoms with E-state index >= 15 is 0 Å². The summed E-state index contributed by atoms with van der Waals surface area (Å²) in [5.74, 6) is 2.00. The summed E-state index contributed by atoms with van der Waals surface area (Å²) in [6.07, 6.45) is 10.9. The first kappa shape index (κ1) is 19.8. The molecule has 5 heteroatoms. The van der Waals surface area contributed by atoms with Gasteiger partial charge in [0.15, 0.2) is 12.3 Å². The second-order valence-corrected chi connectivity index (χ2v) is 10.2. The van der Waals surface area contributed by atoms with Crippen LogP contribution in [0.2, 0.25) is 0 Å². The van der Waals surface area contributed by atoms with E-state index in [9.17, 15) is 9.59 Å². The molecule has 0 aliphatic heterocycles. The van der Waals surface area contributed by atoms with Crippen LogP contribution >= 0.6 is 0 Å². The quantitative estimate of drug-likeness (QED) is 0.458. The Morgan fingerprint density at radius 1 is 1.18 bits per heavy atom. The third-order valence-corrected chi connectivity index (χ3v) is 9.03. The molecular weight excluding hydrogens is 352 g/mol. The summed E-state index contributed by atoms with van der Waals surface area (Å²) >= 11 is 0. The van der Waals surface area contributed by atoms with Crippen LogP contribution in [0.25, 0.3) is 5.53 Å². The maximum absolute atomic E-state index is 12.6. The minimum atomic E-state index is -0.171. The number of nitrogens with zero attached hydrogens (tertiary/aromatic N) is 1. The minimum Gasteiger partial charge on any atom is -0.508 e. The Morgan fingerprint density at radius 2 is 1.96 bits per heavy atom. The lowest BCUT2D eigenvalue weighted by atomic mass is 9.47. The number of carbonyl (C=O) groups is 2. The van der Waals surface area contributed by atoms with Crippen LogP contribution in [-0.4, -0.2) is 24.4 Å². The molecule has 0 aromatic carbocycles. The van der Waals surface area contributed by atoms with Gasteiger partial charge in [-0.15, -0.1) is 0 Å². The lowest BCUT2D eigenvalue weighted by Gasteiger charge is -2.58. The highest BCUT2D eigenvalue weighted by molar-refractivity contribution is 5.83. The number of carbonyl (C=O) groups excluding carboxylic acids is 2. The zero-order valence-electron chi connectivity index (χ0n) is 17.5. The van der Waals surface area contributed by atoms with Gasteiger partial charge in [0.1, 0.15) is 6.10 Å². The standard InChI is InChI=1S/C23H34N2O3/c1-14(26)28-16-8-10-22(2)15(12-16)4-5-17-18-6-7-20(21(27)13-25-24)23(18,3)11-9-19(17)22/h4,16-20,25H,5-13H2,1-3H3/t16-,17+,18-,19+,20+,22-,23-/m0/s1. The summed E-state index contributed by atoms with van der Waals surface area (Å²) in [5, 5.41) is 2.08. The zero-order valence-corrected chi connectivity index (χ0v) is 17.5. The van der Waals surface area contributed by atoms with Crippen molar-refractivity contribution in [3.05, 3.63) is 17.2 Å². The molecule has 0 bridgehead atoms. The van der Waals surface area contributed by atoms with E-state index < -0.39 is 0 Å². The number of rotatable bonds is 4. The maximum Gasteiger partial charge on any atom is 0.302 e. The Hall–Kier alpha value is -1.52. The monoisotopic (exact) mass is 386 g/mol. The molecule has 4 aliphatic rings. The molecule has 0 heterocycles. The molecule has 0 aromatic heterocycles. The first-order valence-corrected chi connectivity index (χ1v) is 11.1. The van der Waals surface area contributed by atoms with Gasteiger partial charge in [-0.1, -0.05) is 25.5 Å². The van der Waals surface area contributed by atoms with E-state index in [-0.39, 0.29) is 41.1 Å². The Labute approximate surface area is 168 Å². The van der Waals surface area contributed by atoms with Gasteiger partial charge in [0.05, 0.1) is 0 Å².